The molecule has 0 bridgehead atoms. The maximum absolute atomic E-state index is 14.6. The maximum atomic E-state index is 14.6. The van der Waals surface area contributed by atoms with Gasteiger partial charge in [-0.25, -0.2) is 17.6 Å². The molecule has 15 heteroatoms. The van der Waals surface area contributed by atoms with E-state index in [0.29, 0.717) is 40.3 Å². The molecule has 0 spiro atoms. The van der Waals surface area contributed by atoms with E-state index in [1.807, 2.05) is 6.07 Å². The maximum Gasteiger partial charge on any atom is 0.490 e. The number of sulfonamides is 1. The van der Waals surface area contributed by atoms with Crippen LogP contribution in [0.15, 0.2) is 52.0 Å². The van der Waals surface area contributed by atoms with Crippen LogP contribution in [0, 0.1) is 19.7 Å². The van der Waals surface area contributed by atoms with Gasteiger partial charge in [0.05, 0.1) is 24.1 Å². The molecule has 0 radical (unpaired) electrons. The third-order valence-electron chi connectivity index (χ3n) is 7.82. The van der Waals surface area contributed by atoms with Crippen LogP contribution in [0.5, 0.6) is 5.75 Å². The van der Waals surface area contributed by atoms with Crippen LogP contribution in [0.4, 0.5) is 17.6 Å². The second-order valence-electron chi connectivity index (χ2n) is 11.6. The van der Waals surface area contributed by atoms with Crippen molar-refractivity contribution in [1.82, 2.24) is 14.5 Å². The van der Waals surface area contributed by atoms with Gasteiger partial charge in [-0.3, -0.25) is 9.69 Å². The van der Waals surface area contributed by atoms with E-state index in [0.717, 1.165) is 38.8 Å². The number of aryl methyl sites for hydroxylation is 2. The first kappa shape index (κ1) is 35.9. The van der Waals surface area contributed by atoms with Crippen molar-refractivity contribution in [2.75, 3.05) is 20.2 Å². The molecule has 1 saturated carbocycles. The number of methoxy groups -OCH3 is 1. The van der Waals surface area contributed by atoms with E-state index < -0.39 is 22.2 Å². The molecule has 0 atom stereocenters. The average molecular weight is 684 g/mol. The number of ether oxygens (including phenoxy) is 1. The van der Waals surface area contributed by atoms with Gasteiger partial charge in [-0.05, 0) is 93.6 Å². The quantitative estimate of drug-likeness (QED) is 0.252. The Hall–Kier alpha value is -3.95. The lowest BCUT2D eigenvalue weighted by molar-refractivity contribution is -0.192. The van der Waals surface area contributed by atoms with Gasteiger partial charge in [-0.2, -0.15) is 17.5 Å². The summed E-state index contributed by atoms with van der Waals surface area (Å²) in [5.41, 5.74) is 2.83. The van der Waals surface area contributed by atoms with Crippen molar-refractivity contribution in [3.63, 3.8) is 0 Å². The molecule has 1 aliphatic carbocycles. The van der Waals surface area contributed by atoms with E-state index in [-0.39, 0.29) is 41.3 Å². The minimum Gasteiger partial charge on any atom is -0.497 e. The summed E-state index contributed by atoms with van der Waals surface area (Å²) in [6.45, 7) is 6.30. The number of alkyl halides is 3. The van der Waals surface area contributed by atoms with Crippen molar-refractivity contribution in [1.29, 1.82) is 0 Å². The number of likely N-dealkylation sites (tertiary alicyclic amines) is 1. The number of carbonyl (C=O) groups excluding carboxylic acids is 1. The molecule has 0 unspecified atom stereocenters. The van der Waals surface area contributed by atoms with Gasteiger partial charge in [0.25, 0.3) is 5.91 Å². The van der Waals surface area contributed by atoms with Crippen LogP contribution >= 0.6 is 0 Å². The van der Waals surface area contributed by atoms with E-state index in [9.17, 15) is 30.8 Å². The number of hydrogen-bond acceptors (Lipinski definition) is 7. The Morgan fingerprint density at radius 3 is 2.23 bits per heavy atom. The Morgan fingerprint density at radius 1 is 1.09 bits per heavy atom. The molecule has 2 heterocycles. The lowest BCUT2D eigenvalue weighted by atomic mass is 10.1. The highest BCUT2D eigenvalue weighted by Gasteiger charge is 2.40. The first-order valence-electron chi connectivity index (χ1n) is 14.9. The fourth-order valence-corrected chi connectivity index (χ4v) is 7.42. The van der Waals surface area contributed by atoms with Crippen molar-refractivity contribution >= 4 is 21.9 Å². The summed E-state index contributed by atoms with van der Waals surface area (Å²) >= 11 is 0. The number of halogens is 4. The van der Waals surface area contributed by atoms with Crippen molar-refractivity contribution in [2.24, 2.45) is 0 Å². The number of carbonyl (C=O) groups is 2. The van der Waals surface area contributed by atoms with Gasteiger partial charge in [-0.15, -0.1) is 0 Å². The molecule has 1 amide bonds. The highest BCUT2D eigenvalue weighted by molar-refractivity contribution is 7.89. The fraction of sp³-hybridized carbons (Fsp3) is 0.438. The second-order valence-corrected chi connectivity index (χ2v) is 13.4. The molecule has 10 nitrogen and oxygen atoms in total. The Balaban J connectivity index is 0.000000644. The summed E-state index contributed by atoms with van der Waals surface area (Å²) in [5, 5.41) is 9.92. The average Bonchev–Trinajstić information content (AvgIpc) is 3.48. The van der Waals surface area contributed by atoms with Gasteiger partial charge in [0.2, 0.25) is 10.0 Å². The third kappa shape index (κ3) is 9.32. The molecule has 47 heavy (non-hydrogen) atoms. The Labute approximate surface area is 270 Å². The standard InChI is InChI=1S/C30H36FN3O5S.C2HF3O2/c1-20-12-26(38-3)13-21(2)29(20)40(36,37)34(25-8-9-25)18-27-15-24(19-39-27)30(35)32-16-22-6-7-23(28(31)14-22)17-33-10-4-5-11-33;3-2(4,5)1(6)7/h6-7,12-15,19,25H,4-5,8-11,16-18H2,1-3H3,(H,32,35);(H,6,7). The lowest BCUT2D eigenvalue weighted by Gasteiger charge is -2.23. The van der Waals surface area contributed by atoms with Crippen LogP contribution in [0.2, 0.25) is 0 Å². The molecular weight excluding hydrogens is 646 g/mol. The molecule has 256 valence electrons. The normalized spacial score (nSPS) is 15.3. The SMILES string of the molecule is COc1cc(C)c(S(=O)(=O)N(Cc2cc(C(=O)NCc3ccc(CN4CCCC4)c(F)c3)co2)C2CC2)c(C)c1.O=C(O)C(F)(F)F. The summed E-state index contributed by atoms with van der Waals surface area (Å²) in [6.07, 6.45) is 0.0889. The predicted octanol–water partition coefficient (Wildman–Crippen LogP) is 5.56. The fourth-order valence-electron chi connectivity index (χ4n) is 5.36. The zero-order valence-corrected chi connectivity index (χ0v) is 27.0. The number of rotatable bonds is 11. The highest BCUT2D eigenvalue weighted by Crippen LogP contribution is 2.36. The number of furan rings is 1. The van der Waals surface area contributed by atoms with Gasteiger partial charge in [0.1, 0.15) is 23.6 Å². The first-order valence-corrected chi connectivity index (χ1v) is 16.4. The number of aliphatic carboxylic acids is 1. The lowest BCUT2D eigenvalue weighted by Crippen LogP contribution is -2.33. The number of nitrogens with zero attached hydrogens (tertiary/aromatic N) is 2. The van der Waals surface area contributed by atoms with Crippen molar-refractivity contribution in [3.05, 3.63) is 82.1 Å². The number of carboxylic acid groups (broad SMARTS) is 1. The van der Waals surface area contributed by atoms with Crippen LogP contribution in [0.1, 0.15) is 64.1 Å². The molecule has 2 aromatic carbocycles. The molecule has 3 aromatic rings. The van der Waals surface area contributed by atoms with Gasteiger partial charge in [0, 0.05) is 24.7 Å². The number of hydrogen-bond donors (Lipinski definition) is 2. The van der Waals surface area contributed by atoms with Crippen molar-refractivity contribution < 1.29 is 49.8 Å². The topological polar surface area (TPSA) is 129 Å². The van der Waals surface area contributed by atoms with Gasteiger partial charge >= 0.3 is 12.1 Å². The number of carboxylic acids is 1. The summed E-state index contributed by atoms with van der Waals surface area (Å²) in [5.74, 6) is -2.42. The van der Waals surface area contributed by atoms with Crippen LogP contribution in [-0.2, 0) is 34.5 Å². The zero-order valence-electron chi connectivity index (χ0n) is 26.2. The molecule has 5 rings (SSSR count). The van der Waals surface area contributed by atoms with E-state index in [1.54, 1.807) is 45.2 Å². The largest absolute Gasteiger partial charge is 0.497 e. The molecule has 1 aromatic heterocycles. The summed E-state index contributed by atoms with van der Waals surface area (Å²) < 4.78 is 86.2. The van der Waals surface area contributed by atoms with Gasteiger partial charge in [0.15, 0.2) is 0 Å². The van der Waals surface area contributed by atoms with Gasteiger partial charge in [-0.1, -0.05) is 12.1 Å². The van der Waals surface area contributed by atoms with E-state index in [2.05, 4.69) is 10.2 Å². The second kappa shape index (κ2) is 14.9. The van der Waals surface area contributed by atoms with Crippen molar-refractivity contribution in [3.8, 4) is 5.75 Å². The zero-order chi connectivity index (χ0) is 34.5. The smallest absolute Gasteiger partial charge is 0.490 e. The van der Waals surface area contributed by atoms with E-state index >= 15 is 0 Å². The van der Waals surface area contributed by atoms with E-state index in [1.165, 1.54) is 16.6 Å². The predicted molar refractivity (Wildman–Crippen MR) is 163 cm³/mol. The molecule has 2 aliphatic rings. The number of nitrogens with one attached hydrogen (secondary N) is 1. The van der Waals surface area contributed by atoms with Crippen LogP contribution in [0.3, 0.4) is 0 Å². The molecule has 1 saturated heterocycles. The first-order chi connectivity index (χ1) is 22.1. The van der Waals surface area contributed by atoms with Crippen LogP contribution in [-0.4, -0.2) is 67.0 Å². The highest BCUT2D eigenvalue weighted by atomic mass is 32.2. The number of benzene rings is 2. The number of amides is 1. The Morgan fingerprint density at radius 2 is 1.70 bits per heavy atom. The monoisotopic (exact) mass is 683 g/mol. The van der Waals surface area contributed by atoms with Crippen LogP contribution < -0.4 is 10.1 Å². The Bertz CT molecular complexity index is 1680. The molecule has 1 aliphatic heterocycles. The summed E-state index contributed by atoms with van der Waals surface area (Å²) in [6, 6.07) is 9.96. The third-order valence-corrected chi connectivity index (χ3v) is 10.0. The summed E-state index contributed by atoms with van der Waals surface area (Å²) in [4.78, 5) is 24.2. The minimum absolute atomic E-state index is 0.0227. The molecular formula is C32H37F4N3O7S. The van der Waals surface area contributed by atoms with Crippen LogP contribution in [0.25, 0.3) is 0 Å². The van der Waals surface area contributed by atoms with Crippen molar-refractivity contribution in [2.45, 2.75) is 76.3 Å². The van der Waals surface area contributed by atoms with E-state index in [4.69, 9.17) is 19.1 Å². The molecule has 2 fully saturated rings. The molecule has 2 N–H and O–H groups in total. The minimum atomic E-state index is -5.08. The Kier molecular flexibility index (Phi) is 11.4. The van der Waals surface area contributed by atoms with Gasteiger partial charge < -0.3 is 19.6 Å². The summed E-state index contributed by atoms with van der Waals surface area (Å²) in [7, 11) is -2.27.